The molecule has 0 aromatic carbocycles. The van der Waals surface area contributed by atoms with E-state index in [4.69, 9.17) is 5.73 Å². The first-order valence-corrected chi connectivity index (χ1v) is 14.1. The van der Waals surface area contributed by atoms with Crippen LogP contribution in [0.15, 0.2) is 0 Å². The number of nitrogens with one attached hydrogen (secondary N) is 3. The van der Waals surface area contributed by atoms with Gasteiger partial charge in [-0.15, -0.1) is 0 Å². The number of nitrogens with zero attached hydrogens (tertiary/aromatic N) is 1. The van der Waals surface area contributed by atoms with Crippen molar-refractivity contribution in [2.75, 3.05) is 13.1 Å². The maximum atomic E-state index is 13.1. The maximum absolute atomic E-state index is 13.1. The second-order valence-corrected chi connectivity index (χ2v) is 12.1. The van der Waals surface area contributed by atoms with Crippen LogP contribution in [0, 0.1) is 23.2 Å². The molecule has 1 rings (SSSR count). The molecule has 0 aromatic rings. The average molecular weight is 552 g/mol. The number of amides is 6. The topological polar surface area (TPSA) is 168 Å². The van der Waals surface area contributed by atoms with Gasteiger partial charge in [0, 0.05) is 37.3 Å². The van der Waals surface area contributed by atoms with Crippen LogP contribution in [0.5, 0.6) is 0 Å². The van der Waals surface area contributed by atoms with Crippen molar-refractivity contribution in [1.29, 1.82) is 0 Å². The van der Waals surface area contributed by atoms with Gasteiger partial charge in [0.05, 0.1) is 6.04 Å². The van der Waals surface area contributed by atoms with Crippen molar-refractivity contribution in [2.24, 2.45) is 28.9 Å². The number of carbonyl (C=O) groups is 6. The van der Waals surface area contributed by atoms with Crippen LogP contribution in [0.3, 0.4) is 0 Å². The quantitative estimate of drug-likeness (QED) is 0.169. The van der Waals surface area contributed by atoms with Gasteiger partial charge in [-0.05, 0) is 37.5 Å². The van der Waals surface area contributed by atoms with E-state index in [9.17, 15) is 28.8 Å². The Morgan fingerprint density at radius 3 is 2.13 bits per heavy atom. The van der Waals surface area contributed by atoms with Crippen LogP contribution in [-0.4, -0.2) is 65.5 Å². The number of imide groups is 1. The first-order chi connectivity index (χ1) is 18.1. The molecule has 0 bridgehead atoms. The summed E-state index contributed by atoms with van der Waals surface area (Å²) in [5.41, 5.74) is 4.40. The predicted octanol–water partition coefficient (Wildman–Crippen LogP) is 2.27. The number of hydrogen-bond acceptors (Lipinski definition) is 6. The van der Waals surface area contributed by atoms with Crippen molar-refractivity contribution < 1.29 is 28.8 Å². The third kappa shape index (κ3) is 11.3. The summed E-state index contributed by atoms with van der Waals surface area (Å²) in [6.45, 7) is 13.5. The number of likely N-dealkylation sites (tertiary alicyclic amines) is 1. The molecule has 1 saturated heterocycles. The summed E-state index contributed by atoms with van der Waals surface area (Å²) in [7, 11) is 0. The molecule has 1 heterocycles. The highest BCUT2D eigenvalue weighted by Crippen LogP contribution is 2.26. The third-order valence-corrected chi connectivity index (χ3v) is 6.98. The van der Waals surface area contributed by atoms with Gasteiger partial charge in [-0.1, -0.05) is 54.9 Å². The Kier molecular flexibility index (Phi) is 13.6. The van der Waals surface area contributed by atoms with Gasteiger partial charge < -0.3 is 21.7 Å². The van der Waals surface area contributed by atoms with E-state index in [2.05, 4.69) is 16.0 Å². The second-order valence-electron chi connectivity index (χ2n) is 12.1. The highest BCUT2D eigenvalue weighted by Gasteiger charge is 2.39. The Morgan fingerprint density at radius 1 is 0.974 bits per heavy atom. The van der Waals surface area contributed by atoms with Crippen LogP contribution in [0.25, 0.3) is 0 Å². The number of unbranched alkanes of at least 4 members (excludes halogenated alkanes) is 2. The largest absolute Gasteiger partial charge is 0.352 e. The number of rotatable bonds is 16. The molecule has 1 aliphatic heterocycles. The zero-order valence-corrected chi connectivity index (χ0v) is 24.7. The van der Waals surface area contributed by atoms with Gasteiger partial charge in [-0.3, -0.25) is 28.9 Å². The Labute approximate surface area is 232 Å². The standard InChI is InChI=1S/C28H49N5O6/c1-17(2)19-16-22(35)33(26(19)38)15-10-8-9-13-21(34)32-23(18(3)4)25(37)31-20(24(36)28(5,6)7)12-11-14-30-27(29)39/h17-20,23H,8-16H2,1-7H3,(H,31,37)(H,32,34)(H3,29,30,39)/t19?,20-,23-/m0/s1. The first kappa shape index (κ1) is 34.0. The van der Waals surface area contributed by atoms with Crippen molar-refractivity contribution in [3.8, 4) is 0 Å². The van der Waals surface area contributed by atoms with Crippen molar-refractivity contribution >= 4 is 35.4 Å². The van der Waals surface area contributed by atoms with Crippen molar-refractivity contribution in [3.05, 3.63) is 0 Å². The fraction of sp³-hybridized carbons (Fsp3) is 0.786. The summed E-state index contributed by atoms with van der Waals surface area (Å²) in [4.78, 5) is 75.5. The molecule has 1 aliphatic rings. The predicted molar refractivity (Wildman–Crippen MR) is 148 cm³/mol. The summed E-state index contributed by atoms with van der Waals surface area (Å²) in [6.07, 6.45) is 3.07. The molecule has 1 fully saturated rings. The van der Waals surface area contributed by atoms with E-state index < -0.39 is 29.4 Å². The minimum atomic E-state index is -0.815. The van der Waals surface area contributed by atoms with E-state index in [-0.39, 0.29) is 60.6 Å². The molecule has 0 aromatic heterocycles. The van der Waals surface area contributed by atoms with E-state index in [1.54, 1.807) is 20.8 Å². The van der Waals surface area contributed by atoms with E-state index in [1.807, 2.05) is 27.7 Å². The van der Waals surface area contributed by atoms with Gasteiger partial charge >= 0.3 is 6.03 Å². The minimum Gasteiger partial charge on any atom is -0.352 e. The third-order valence-electron chi connectivity index (χ3n) is 6.98. The van der Waals surface area contributed by atoms with Gasteiger partial charge in [0.1, 0.15) is 6.04 Å². The second kappa shape index (κ2) is 15.6. The smallest absolute Gasteiger partial charge is 0.312 e. The van der Waals surface area contributed by atoms with Crippen molar-refractivity contribution in [3.63, 3.8) is 0 Å². The van der Waals surface area contributed by atoms with E-state index in [1.165, 1.54) is 4.90 Å². The van der Waals surface area contributed by atoms with Crippen molar-refractivity contribution in [2.45, 2.75) is 105 Å². The van der Waals surface area contributed by atoms with Crippen LogP contribution < -0.4 is 21.7 Å². The minimum absolute atomic E-state index is 0.106. The number of ketones is 1. The highest BCUT2D eigenvalue weighted by molar-refractivity contribution is 6.03. The molecule has 0 saturated carbocycles. The van der Waals surface area contributed by atoms with Gasteiger partial charge in [-0.2, -0.15) is 0 Å². The SMILES string of the molecule is CC(C)C1CC(=O)N(CCCCCC(=O)N[C@H](C(=O)N[C@@H](CCCNC(N)=O)C(=O)C(C)(C)C)C(C)C)C1=O. The summed E-state index contributed by atoms with van der Waals surface area (Å²) in [6, 6.07) is -2.24. The summed E-state index contributed by atoms with van der Waals surface area (Å²) in [5.74, 6) is -1.42. The number of urea groups is 1. The molecule has 1 unspecified atom stereocenters. The molecular formula is C28H49N5O6. The fourth-order valence-electron chi connectivity index (χ4n) is 4.55. The van der Waals surface area contributed by atoms with Crippen LogP contribution in [0.1, 0.15) is 93.4 Å². The fourth-order valence-corrected chi connectivity index (χ4v) is 4.55. The van der Waals surface area contributed by atoms with Gasteiger partial charge in [0.25, 0.3) is 0 Å². The highest BCUT2D eigenvalue weighted by atomic mass is 16.2. The molecular weight excluding hydrogens is 502 g/mol. The molecule has 11 nitrogen and oxygen atoms in total. The summed E-state index contributed by atoms with van der Waals surface area (Å²) < 4.78 is 0. The molecule has 11 heteroatoms. The monoisotopic (exact) mass is 551 g/mol. The molecule has 0 aliphatic carbocycles. The average Bonchev–Trinajstić information content (AvgIpc) is 3.11. The molecule has 0 spiro atoms. The van der Waals surface area contributed by atoms with Crippen LogP contribution in [0.2, 0.25) is 0 Å². The summed E-state index contributed by atoms with van der Waals surface area (Å²) >= 11 is 0. The maximum Gasteiger partial charge on any atom is 0.312 e. The lowest BCUT2D eigenvalue weighted by Crippen LogP contribution is -2.55. The molecule has 3 atom stereocenters. The number of Topliss-reactive ketones (excluding diaryl/α,β-unsaturated/α-hetero) is 1. The molecule has 6 amide bonds. The van der Waals surface area contributed by atoms with Crippen LogP contribution in [-0.2, 0) is 24.0 Å². The zero-order valence-electron chi connectivity index (χ0n) is 24.7. The van der Waals surface area contributed by atoms with Gasteiger partial charge in [-0.25, -0.2) is 4.79 Å². The van der Waals surface area contributed by atoms with E-state index in [0.717, 1.165) is 0 Å². The number of carbonyl (C=O) groups excluding carboxylic acids is 6. The lowest BCUT2D eigenvalue weighted by molar-refractivity contribution is -0.140. The first-order valence-electron chi connectivity index (χ1n) is 14.1. The lowest BCUT2D eigenvalue weighted by Gasteiger charge is -2.28. The van der Waals surface area contributed by atoms with Gasteiger partial charge in [0.15, 0.2) is 5.78 Å². The normalized spacial score (nSPS) is 17.4. The number of primary amides is 1. The Hall–Kier alpha value is -2.98. The van der Waals surface area contributed by atoms with Crippen LogP contribution in [0.4, 0.5) is 4.79 Å². The molecule has 5 N–H and O–H groups in total. The van der Waals surface area contributed by atoms with Crippen LogP contribution >= 0.6 is 0 Å². The molecule has 222 valence electrons. The number of hydrogen-bond donors (Lipinski definition) is 4. The Balaban J connectivity index is 2.60. The lowest BCUT2D eigenvalue weighted by atomic mass is 9.84. The zero-order chi connectivity index (χ0) is 29.9. The van der Waals surface area contributed by atoms with E-state index in [0.29, 0.717) is 38.6 Å². The van der Waals surface area contributed by atoms with Gasteiger partial charge in [0.2, 0.25) is 23.6 Å². The number of nitrogens with two attached hydrogens (primary N) is 1. The summed E-state index contributed by atoms with van der Waals surface area (Å²) in [5, 5.41) is 8.08. The Morgan fingerprint density at radius 2 is 1.62 bits per heavy atom. The van der Waals surface area contributed by atoms with E-state index >= 15 is 0 Å². The van der Waals surface area contributed by atoms with Crippen molar-refractivity contribution in [1.82, 2.24) is 20.9 Å². The molecule has 0 radical (unpaired) electrons. The Bertz CT molecular complexity index is 895. The molecule has 39 heavy (non-hydrogen) atoms.